The predicted octanol–water partition coefficient (Wildman–Crippen LogP) is 5.03. The lowest BCUT2D eigenvalue weighted by atomic mass is 9.79. The molecule has 2 saturated heterocycles. The topological polar surface area (TPSA) is 47.6 Å². The lowest BCUT2D eigenvalue weighted by molar-refractivity contribution is 0.0799. The van der Waals surface area contributed by atoms with Gasteiger partial charge in [0.2, 0.25) is 0 Å². The Balaban J connectivity index is 1.43. The fourth-order valence-electron chi connectivity index (χ4n) is 6.16. The highest BCUT2D eigenvalue weighted by Gasteiger charge is 2.56. The monoisotopic (exact) mass is 450 g/mol. The quantitative estimate of drug-likeness (QED) is 0.672. The van der Waals surface area contributed by atoms with Crippen molar-refractivity contribution in [3.05, 3.63) is 66.0 Å². The van der Waals surface area contributed by atoms with Crippen molar-refractivity contribution in [2.75, 3.05) is 11.4 Å². The molecule has 2 N–H and O–H groups in total. The van der Waals surface area contributed by atoms with Gasteiger partial charge in [-0.15, -0.1) is 0 Å². The first kappa shape index (κ1) is 22.4. The van der Waals surface area contributed by atoms with E-state index in [1.807, 2.05) is 17.0 Å². The minimum Gasteiger partial charge on any atom is -0.320 e. The molecule has 5 nitrogen and oxygen atoms in total. The standard InChI is InChI=1S/C27H35FN4O/c1-20-18-27(15-16-31(20)19-21-9-4-2-5-10-21)25(29-23-12-6-3-7-13-23)30-26(33)32(27)24-14-8-11-22(28)17-24/h2,4-5,8-11,14,17,20,23,25,29H,3,6-7,12-13,15-16,18-19H2,1H3,(H,30,33)/t20-,25?,27+/m0/s1. The van der Waals surface area contributed by atoms with E-state index >= 15 is 0 Å². The molecule has 2 aliphatic heterocycles. The summed E-state index contributed by atoms with van der Waals surface area (Å²) >= 11 is 0. The molecular formula is C27H35FN4O. The maximum atomic E-state index is 14.2. The van der Waals surface area contributed by atoms with Crippen molar-refractivity contribution in [3.63, 3.8) is 0 Å². The summed E-state index contributed by atoms with van der Waals surface area (Å²) in [6, 6.07) is 17.6. The van der Waals surface area contributed by atoms with Crippen LogP contribution in [0.4, 0.5) is 14.9 Å². The van der Waals surface area contributed by atoms with Crippen molar-refractivity contribution in [3.8, 4) is 0 Å². The second-order valence-electron chi connectivity index (χ2n) is 10.1. The normalized spacial score (nSPS) is 28.9. The summed E-state index contributed by atoms with van der Waals surface area (Å²) in [5.41, 5.74) is 1.53. The average molecular weight is 451 g/mol. The van der Waals surface area contributed by atoms with Gasteiger partial charge in [0.05, 0.1) is 5.54 Å². The first-order chi connectivity index (χ1) is 16.0. The van der Waals surface area contributed by atoms with Crippen molar-refractivity contribution in [1.82, 2.24) is 15.5 Å². The summed E-state index contributed by atoms with van der Waals surface area (Å²) in [5, 5.41) is 7.07. The third-order valence-electron chi connectivity index (χ3n) is 7.86. The molecule has 1 aliphatic carbocycles. The number of piperidine rings is 1. The molecular weight excluding hydrogens is 415 g/mol. The Bertz CT molecular complexity index is 964. The molecule has 3 atom stereocenters. The molecule has 2 aromatic carbocycles. The first-order valence-electron chi connectivity index (χ1n) is 12.5. The van der Waals surface area contributed by atoms with E-state index in [0.717, 1.165) is 38.8 Å². The van der Waals surface area contributed by atoms with Crippen LogP contribution in [0.25, 0.3) is 0 Å². The van der Waals surface area contributed by atoms with Gasteiger partial charge in [0, 0.05) is 30.9 Å². The van der Waals surface area contributed by atoms with Crippen LogP contribution >= 0.6 is 0 Å². The van der Waals surface area contributed by atoms with E-state index in [0.29, 0.717) is 17.8 Å². The van der Waals surface area contributed by atoms with Crippen LogP contribution in [0.3, 0.4) is 0 Å². The summed E-state index contributed by atoms with van der Waals surface area (Å²) in [7, 11) is 0. The molecule has 1 unspecified atom stereocenters. The first-order valence-corrected chi connectivity index (χ1v) is 12.5. The van der Waals surface area contributed by atoms with Gasteiger partial charge < -0.3 is 5.32 Å². The van der Waals surface area contributed by atoms with Gasteiger partial charge >= 0.3 is 6.03 Å². The highest BCUT2D eigenvalue weighted by atomic mass is 19.1. The molecule has 176 valence electrons. The molecule has 3 fully saturated rings. The zero-order valence-corrected chi connectivity index (χ0v) is 19.5. The number of carbonyl (C=O) groups is 1. The van der Waals surface area contributed by atoms with Crippen molar-refractivity contribution in [2.45, 2.75) is 82.2 Å². The van der Waals surface area contributed by atoms with Gasteiger partial charge in [0.1, 0.15) is 12.0 Å². The van der Waals surface area contributed by atoms with Crippen LogP contribution in [0.1, 0.15) is 57.4 Å². The van der Waals surface area contributed by atoms with Crippen molar-refractivity contribution < 1.29 is 9.18 Å². The minimum absolute atomic E-state index is 0.127. The molecule has 2 amide bonds. The zero-order valence-electron chi connectivity index (χ0n) is 19.5. The van der Waals surface area contributed by atoms with Gasteiger partial charge in [0.25, 0.3) is 0 Å². The molecule has 0 radical (unpaired) electrons. The highest BCUT2D eigenvalue weighted by molar-refractivity contribution is 5.96. The lowest BCUT2D eigenvalue weighted by Gasteiger charge is -2.50. The molecule has 6 heteroatoms. The van der Waals surface area contributed by atoms with Gasteiger partial charge in [-0.3, -0.25) is 15.1 Å². The van der Waals surface area contributed by atoms with Crippen LogP contribution < -0.4 is 15.5 Å². The van der Waals surface area contributed by atoms with Crippen molar-refractivity contribution >= 4 is 11.7 Å². The average Bonchev–Trinajstić information content (AvgIpc) is 3.07. The van der Waals surface area contributed by atoms with E-state index in [1.54, 1.807) is 6.07 Å². The summed E-state index contributed by atoms with van der Waals surface area (Å²) < 4.78 is 14.2. The van der Waals surface area contributed by atoms with Gasteiger partial charge in [-0.1, -0.05) is 55.7 Å². The minimum atomic E-state index is -0.422. The van der Waals surface area contributed by atoms with E-state index in [4.69, 9.17) is 0 Å². The number of benzene rings is 2. The molecule has 1 spiro atoms. The number of carbonyl (C=O) groups excluding carboxylic acids is 1. The second-order valence-corrected chi connectivity index (χ2v) is 10.1. The number of hydrogen-bond donors (Lipinski definition) is 2. The number of amides is 2. The Hall–Kier alpha value is -2.44. The fraction of sp³-hybridized carbons (Fsp3) is 0.519. The van der Waals surface area contributed by atoms with Crippen LogP contribution in [0.2, 0.25) is 0 Å². The Morgan fingerprint density at radius 1 is 1.09 bits per heavy atom. The van der Waals surface area contributed by atoms with Gasteiger partial charge in [-0.2, -0.15) is 0 Å². The Kier molecular flexibility index (Phi) is 6.39. The third kappa shape index (κ3) is 4.51. The number of rotatable bonds is 5. The number of nitrogens with zero attached hydrogens (tertiary/aromatic N) is 2. The molecule has 0 bridgehead atoms. The number of hydrogen-bond acceptors (Lipinski definition) is 3. The van der Waals surface area contributed by atoms with Crippen LogP contribution in [-0.4, -0.2) is 41.3 Å². The summed E-state index contributed by atoms with van der Waals surface area (Å²) in [5.74, 6) is -0.311. The molecule has 33 heavy (non-hydrogen) atoms. The number of likely N-dealkylation sites (tertiary alicyclic amines) is 1. The Morgan fingerprint density at radius 3 is 2.61 bits per heavy atom. The fourth-order valence-corrected chi connectivity index (χ4v) is 6.16. The number of anilines is 1. The van der Waals surface area contributed by atoms with Crippen molar-refractivity contribution in [1.29, 1.82) is 0 Å². The number of urea groups is 1. The highest BCUT2D eigenvalue weighted by Crippen LogP contribution is 2.42. The number of nitrogens with one attached hydrogen (secondary N) is 2. The molecule has 2 heterocycles. The SMILES string of the molecule is C[C@H]1C[C@]2(CCN1Cc1ccccc1)C(NC1CCCCC1)NC(=O)N2c1cccc(F)c1. The Morgan fingerprint density at radius 2 is 1.88 bits per heavy atom. The van der Waals surface area contributed by atoms with Crippen LogP contribution in [0.5, 0.6) is 0 Å². The van der Waals surface area contributed by atoms with E-state index in [9.17, 15) is 9.18 Å². The molecule has 0 aromatic heterocycles. The van der Waals surface area contributed by atoms with Crippen molar-refractivity contribution in [2.24, 2.45) is 0 Å². The second kappa shape index (κ2) is 9.43. The van der Waals surface area contributed by atoms with E-state index < -0.39 is 5.54 Å². The van der Waals surface area contributed by atoms with E-state index in [1.165, 1.54) is 37.0 Å². The Labute approximate surface area is 196 Å². The summed E-state index contributed by atoms with van der Waals surface area (Å²) in [6.07, 6.45) is 7.60. The van der Waals surface area contributed by atoms with Crippen LogP contribution in [0.15, 0.2) is 54.6 Å². The molecule has 2 aromatic rings. The summed E-state index contributed by atoms with van der Waals surface area (Å²) in [6.45, 7) is 4.05. The summed E-state index contributed by atoms with van der Waals surface area (Å²) in [4.78, 5) is 17.7. The van der Waals surface area contributed by atoms with Gasteiger partial charge in [-0.25, -0.2) is 9.18 Å². The molecule has 1 saturated carbocycles. The maximum Gasteiger partial charge on any atom is 0.323 e. The third-order valence-corrected chi connectivity index (χ3v) is 7.86. The van der Waals surface area contributed by atoms with E-state index in [-0.39, 0.29) is 18.0 Å². The zero-order chi connectivity index (χ0) is 22.8. The van der Waals surface area contributed by atoms with E-state index in [2.05, 4.69) is 46.7 Å². The predicted molar refractivity (Wildman–Crippen MR) is 129 cm³/mol. The maximum absolute atomic E-state index is 14.2. The molecule has 3 aliphatic rings. The number of halogens is 1. The van der Waals surface area contributed by atoms with Gasteiger partial charge in [0.15, 0.2) is 0 Å². The smallest absolute Gasteiger partial charge is 0.320 e. The van der Waals surface area contributed by atoms with Crippen LogP contribution in [-0.2, 0) is 6.54 Å². The lowest BCUT2D eigenvalue weighted by Crippen LogP contribution is -2.65. The largest absolute Gasteiger partial charge is 0.323 e. The van der Waals surface area contributed by atoms with Gasteiger partial charge in [-0.05, 0) is 56.4 Å². The van der Waals surface area contributed by atoms with Crippen LogP contribution in [0, 0.1) is 5.82 Å². The molecule has 5 rings (SSSR count).